The highest BCUT2D eigenvalue weighted by molar-refractivity contribution is 7.92. The highest BCUT2D eigenvalue weighted by atomic mass is 35.5. The second-order valence-electron chi connectivity index (χ2n) is 3.49. The Labute approximate surface area is 116 Å². The molecule has 18 heavy (non-hydrogen) atoms. The first-order chi connectivity index (χ1) is 8.35. The Bertz CT molecular complexity index is 549. The fourth-order valence-electron chi connectivity index (χ4n) is 1.23. The minimum absolute atomic E-state index is 0.208. The van der Waals surface area contributed by atoms with Crippen LogP contribution in [0.25, 0.3) is 0 Å². The van der Waals surface area contributed by atoms with Crippen LogP contribution in [0.15, 0.2) is 30.9 Å². The maximum Gasteiger partial charge on any atom is 0.239 e. The molecule has 0 aliphatic carbocycles. The lowest BCUT2D eigenvalue weighted by molar-refractivity contribution is -0.113. The molecule has 4 nitrogen and oxygen atoms in total. The largest absolute Gasteiger partial charge is 0.323 e. The van der Waals surface area contributed by atoms with Gasteiger partial charge in [0.05, 0.1) is 21.5 Å². The minimum atomic E-state index is -3.49. The summed E-state index contributed by atoms with van der Waals surface area (Å²) in [5.74, 6) is -1.58. The summed E-state index contributed by atoms with van der Waals surface area (Å²) >= 11 is 11.7. The van der Waals surface area contributed by atoms with Gasteiger partial charge in [-0.05, 0) is 12.1 Å². The van der Waals surface area contributed by atoms with Crippen molar-refractivity contribution < 1.29 is 13.2 Å². The first-order valence-electron chi connectivity index (χ1n) is 4.91. The Balaban J connectivity index is 2.80. The summed E-state index contributed by atoms with van der Waals surface area (Å²) in [6, 6.07) is 4.71. The zero-order valence-corrected chi connectivity index (χ0v) is 11.6. The van der Waals surface area contributed by atoms with Gasteiger partial charge in [0.25, 0.3) is 0 Å². The SMILES string of the molecule is C=CCS(=O)(=O)CC(=O)Nc1c(Cl)cccc1Cl. The van der Waals surface area contributed by atoms with Gasteiger partial charge in [-0.2, -0.15) is 0 Å². The van der Waals surface area contributed by atoms with Gasteiger partial charge in [0.2, 0.25) is 5.91 Å². The van der Waals surface area contributed by atoms with E-state index >= 15 is 0 Å². The van der Waals surface area contributed by atoms with Crippen molar-refractivity contribution in [3.8, 4) is 0 Å². The normalized spacial score (nSPS) is 11.0. The fraction of sp³-hybridized carbons (Fsp3) is 0.182. The molecule has 0 radical (unpaired) electrons. The Kier molecular flexibility index (Phi) is 5.19. The van der Waals surface area contributed by atoms with Crippen LogP contribution in [-0.2, 0) is 14.6 Å². The Morgan fingerprint density at radius 1 is 1.33 bits per heavy atom. The third-order valence-corrected chi connectivity index (χ3v) is 4.03. The van der Waals surface area contributed by atoms with Gasteiger partial charge < -0.3 is 5.32 Å². The van der Waals surface area contributed by atoms with Crippen LogP contribution in [0.2, 0.25) is 10.0 Å². The molecule has 1 rings (SSSR count). The maximum absolute atomic E-state index is 11.6. The molecule has 0 saturated heterocycles. The van der Waals surface area contributed by atoms with Crippen molar-refractivity contribution in [3.05, 3.63) is 40.9 Å². The van der Waals surface area contributed by atoms with Gasteiger partial charge in [-0.1, -0.05) is 35.3 Å². The maximum atomic E-state index is 11.6. The predicted octanol–water partition coefficient (Wildman–Crippen LogP) is 2.53. The number of sulfone groups is 1. The van der Waals surface area contributed by atoms with Crippen LogP contribution in [0.4, 0.5) is 5.69 Å². The summed E-state index contributed by atoms with van der Waals surface area (Å²) in [4.78, 5) is 11.6. The summed E-state index contributed by atoms with van der Waals surface area (Å²) in [6.07, 6.45) is 1.23. The highest BCUT2D eigenvalue weighted by Crippen LogP contribution is 2.29. The Morgan fingerprint density at radius 2 is 1.89 bits per heavy atom. The average molecular weight is 308 g/mol. The highest BCUT2D eigenvalue weighted by Gasteiger charge is 2.17. The van der Waals surface area contributed by atoms with Gasteiger partial charge in [0.1, 0.15) is 5.75 Å². The van der Waals surface area contributed by atoms with Gasteiger partial charge in [0.15, 0.2) is 9.84 Å². The van der Waals surface area contributed by atoms with E-state index in [0.717, 1.165) is 0 Å². The zero-order chi connectivity index (χ0) is 13.8. The number of para-hydroxylation sites is 1. The summed E-state index contributed by atoms with van der Waals surface area (Å²) in [7, 11) is -3.49. The molecule has 0 heterocycles. The van der Waals surface area contributed by atoms with E-state index in [9.17, 15) is 13.2 Å². The summed E-state index contributed by atoms with van der Waals surface area (Å²) in [6.45, 7) is 3.31. The minimum Gasteiger partial charge on any atom is -0.323 e. The lowest BCUT2D eigenvalue weighted by Crippen LogP contribution is -2.24. The monoisotopic (exact) mass is 307 g/mol. The summed E-state index contributed by atoms with van der Waals surface area (Å²) in [5.41, 5.74) is 0.208. The number of carbonyl (C=O) groups excluding carboxylic acids is 1. The van der Waals surface area contributed by atoms with Crippen molar-refractivity contribution in [1.82, 2.24) is 0 Å². The van der Waals surface area contributed by atoms with Crippen molar-refractivity contribution in [2.45, 2.75) is 0 Å². The van der Waals surface area contributed by atoms with Crippen molar-refractivity contribution in [2.75, 3.05) is 16.8 Å². The third-order valence-electron chi connectivity index (χ3n) is 1.95. The predicted molar refractivity (Wildman–Crippen MR) is 73.9 cm³/mol. The number of nitrogens with one attached hydrogen (secondary N) is 1. The molecule has 1 aromatic carbocycles. The molecule has 0 fully saturated rings. The molecule has 0 unspecified atom stereocenters. The molecule has 0 aliphatic rings. The average Bonchev–Trinajstić information content (AvgIpc) is 2.22. The molecule has 7 heteroatoms. The van der Waals surface area contributed by atoms with Gasteiger partial charge in [-0.15, -0.1) is 6.58 Å². The second kappa shape index (κ2) is 6.22. The smallest absolute Gasteiger partial charge is 0.239 e. The quantitative estimate of drug-likeness (QED) is 0.850. The number of anilines is 1. The van der Waals surface area contributed by atoms with Crippen LogP contribution in [0.1, 0.15) is 0 Å². The first-order valence-corrected chi connectivity index (χ1v) is 7.48. The Hall–Kier alpha value is -1.04. The molecule has 98 valence electrons. The van der Waals surface area contributed by atoms with E-state index in [-0.39, 0.29) is 21.5 Å². The lowest BCUT2D eigenvalue weighted by Gasteiger charge is -2.08. The van der Waals surface area contributed by atoms with Gasteiger partial charge >= 0.3 is 0 Å². The van der Waals surface area contributed by atoms with Crippen LogP contribution < -0.4 is 5.32 Å². The number of carbonyl (C=O) groups is 1. The number of benzene rings is 1. The molecule has 0 aliphatic heterocycles. The lowest BCUT2D eigenvalue weighted by atomic mass is 10.3. The first kappa shape index (κ1) is 15.0. The zero-order valence-electron chi connectivity index (χ0n) is 9.32. The van der Waals surface area contributed by atoms with Crippen molar-refractivity contribution in [1.29, 1.82) is 0 Å². The van der Waals surface area contributed by atoms with Gasteiger partial charge in [0, 0.05) is 0 Å². The second-order valence-corrected chi connectivity index (χ2v) is 6.41. The molecule has 0 bridgehead atoms. The van der Waals surface area contributed by atoms with E-state index in [1.807, 2.05) is 0 Å². The van der Waals surface area contributed by atoms with Crippen LogP contribution in [0.3, 0.4) is 0 Å². The van der Waals surface area contributed by atoms with Crippen LogP contribution in [0, 0.1) is 0 Å². The molecule has 0 saturated carbocycles. The van der Waals surface area contributed by atoms with E-state index in [2.05, 4.69) is 11.9 Å². The molecule has 0 aromatic heterocycles. The number of amides is 1. The molecular formula is C11H11Cl2NO3S. The summed E-state index contributed by atoms with van der Waals surface area (Å²) < 4.78 is 22.8. The Morgan fingerprint density at radius 3 is 2.39 bits per heavy atom. The van der Waals surface area contributed by atoms with E-state index in [1.54, 1.807) is 18.2 Å². The molecule has 1 aromatic rings. The van der Waals surface area contributed by atoms with Gasteiger partial charge in [-0.3, -0.25) is 4.79 Å². The van der Waals surface area contributed by atoms with Crippen molar-refractivity contribution >= 4 is 44.6 Å². The summed E-state index contributed by atoms with van der Waals surface area (Å²) in [5, 5.41) is 2.87. The number of halogens is 2. The molecular weight excluding hydrogens is 297 g/mol. The van der Waals surface area contributed by atoms with Crippen molar-refractivity contribution in [3.63, 3.8) is 0 Å². The van der Waals surface area contributed by atoms with Crippen LogP contribution >= 0.6 is 23.2 Å². The molecule has 1 amide bonds. The van der Waals surface area contributed by atoms with Crippen LogP contribution in [0.5, 0.6) is 0 Å². The molecule has 0 spiro atoms. The molecule has 1 N–H and O–H groups in total. The third kappa shape index (κ3) is 4.33. The van der Waals surface area contributed by atoms with Gasteiger partial charge in [-0.25, -0.2) is 8.42 Å². The van der Waals surface area contributed by atoms with E-state index < -0.39 is 21.5 Å². The fourth-order valence-corrected chi connectivity index (χ4v) is 2.67. The molecule has 0 atom stereocenters. The number of hydrogen-bond acceptors (Lipinski definition) is 3. The number of hydrogen-bond donors (Lipinski definition) is 1. The van der Waals surface area contributed by atoms with E-state index in [0.29, 0.717) is 0 Å². The van der Waals surface area contributed by atoms with E-state index in [4.69, 9.17) is 23.2 Å². The van der Waals surface area contributed by atoms with E-state index in [1.165, 1.54) is 6.08 Å². The van der Waals surface area contributed by atoms with Crippen molar-refractivity contribution in [2.24, 2.45) is 0 Å². The standard InChI is InChI=1S/C11H11Cl2NO3S/c1-2-6-18(16,17)7-10(15)14-11-8(12)4-3-5-9(11)13/h2-5H,1,6-7H2,(H,14,15). The number of rotatable bonds is 5. The topological polar surface area (TPSA) is 63.2 Å². The van der Waals surface area contributed by atoms with Crippen LogP contribution in [-0.4, -0.2) is 25.8 Å².